The van der Waals surface area contributed by atoms with Gasteiger partial charge in [0.15, 0.2) is 0 Å². The molecule has 0 radical (unpaired) electrons. The highest BCUT2D eigenvalue weighted by Gasteiger charge is 2.19. The largest absolute Gasteiger partial charge is 0.339 e. The van der Waals surface area contributed by atoms with Gasteiger partial charge in [-0.2, -0.15) is 4.98 Å². The van der Waals surface area contributed by atoms with Crippen LogP contribution in [-0.4, -0.2) is 18.6 Å². The zero-order valence-electron chi connectivity index (χ0n) is 13.7. The van der Waals surface area contributed by atoms with Crippen molar-refractivity contribution in [3.05, 3.63) is 64.5 Å². The molecule has 0 aliphatic carbocycles. The first-order valence-corrected chi connectivity index (χ1v) is 9.37. The number of rotatable bonds is 5. The Hall–Kier alpha value is -2.22. The van der Waals surface area contributed by atoms with Gasteiger partial charge in [-0.05, 0) is 36.2 Å². The van der Waals surface area contributed by atoms with Gasteiger partial charge in [0.25, 0.3) is 0 Å². The molecule has 6 nitrogen and oxygen atoms in total. The van der Waals surface area contributed by atoms with E-state index in [1.807, 2.05) is 0 Å². The monoisotopic (exact) mass is 377 g/mol. The minimum Gasteiger partial charge on any atom is -0.339 e. The van der Waals surface area contributed by atoms with Crippen molar-refractivity contribution in [2.45, 2.75) is 25.3 Å². The van der Waals surface area contributed by atoms with Crippen molar-refractivity contribution in [2.24, 2.45) is 0 Å². The Bertz CT molecular complexity index is 998. The minimum atomic E-state index is -3.69. The van der Waals surface area contributed by atoms with Crippen LogP contribution < -0.4 is 4.72 Å². The van der Waals surface area contributed by atoms with Gasteiger partial charge in [-0.25, -0.2) is 13.1 Å². The van der Waals surface area contributed by atoms with Gasteiger partial charge in [-0.1, -0.05) is 41.0 Å². The Labute approximate surface area is 150 Å². The summed E-state index contributed by atoms with van der Waals surface area (Å²) >= 11 is 5.84. The summed E-state index contributed by atoms with van der Waals surface area (Å²) in [5.74, 6) is 0.771. The van der Waals surface area contributed by atoms with Crippen LogP contribution in [0.15, 0.2) is 51.9 Å². The molecule has 8 heteroatoms. The first kappa shape index (κ1) is 17.6. The summed E-state index contributed by atoms with van der Waals surface area (Å²) in [6.45, 7) is 3.59. The Morgan fingerprint density at radius 2 is 1.84 bits per heavy atom. The molecule has 1 N–H and O–H groups in total. The molecule has 2 aromatic carbocycles. The molecule has 0 aliphatic heterocycles. The van der Waals surface area contributed by atoms with Gasteiger partial charge in [0.2, 0.25) is 21.7 Å². The van der Waals surface area contributed by atoms with E-state index in [1.165, 1.54) is 0 Å². The van der Waals surface area contributed by atoms with E-state index in [9.17, 15) is 8.42 Å². The van der Waals surface area contributed by atoms with E-state index in [2.05, 4.69) is 14.9 Å². The van der Waals surface area contributed by atoms with Crippen LogP contribution in [0.25, 0.3) is 11.4 Å². The van der Waals surface area contributed by atoms with Crippen LogP contribution in [0.5, 0.6) is 0 Å². The molecule has 0 saturated heterocycles. The summed E-state index contributed by atoms with van der Waals surface area (Å²) in [5, 5.41) is 4.43. The number of hydrogen-bond donors (Lipinski definition) is 1. The van der Waals surface area contributed by atoms with E-state index in [0.717, 1.165) is 5.56 Å². The van der Waals surface area contributed by atoms with Gasteiger partial charge < -0.3 is 4.52 Å². The van der Waals surface area contributed by atoms with E-state index in [-0.39, 0.29) is 11.4 Å². The van der Waals surface area contributed by atoms with E-state index in [4.69, 9.17) is 16.1 Å². The molecule has 1 heterocycles. The molecule has 1 aromatic heterocycles. The van der Waals surface area contributed by atoms with Gasteiger partial charge in [0.05, 0.1) is 4.90 Å². The van der Waals surface area contributed by atoms with Crippen LogP contribution in [0.3, 0.4) is 0 Å². The number of aryl methyl sites for hydroxylation is 2. The molecular weight excluding hydrogens is 362 g/mol. The summed E-state index contributed by atoms with van der Waals surface area (Å²) in [6, 6.07) is 12.0. The molecule has 0 unspecified atom stereocenters. The fourth-order valence-corrected chi connectivity index (χ4v) is 3.72. The molecule has 0 spiro atoms. The summed E-state index contributed by atoms with van der Waals surface area (Å²) in [4.78, 5) is 4.31. The van der Waals surface area contributed by atoms with Crippen LogP contribution in [0.1, 0.15) is 17.0 Å². The molecular formula is C17H16ClN3O3S. The first-order chi connectivity index (χ1) is 11.8. The highest BCUT2D eigenvalue weighted by Crippen LogP contribution is 2.23. The zero-order valence-corrected chi connectivity index (χ0v) is 15.2. The van der Waals surface area contributed by atoms with Crippen molar-refractivity contribution in [1.29, 1.82) is 0 Å². The fourth-order valence-electron chi connectivity index (χ4n) is 2.30. The molecule has 3 rings (SSSR count). The van der Waals surface area contributed by atoms with E-state index < -0.39 is 10.0 Å². The van der Waals surface area contributed by atoms with Crippen molar-refractivity contribution < 1.29 is 12.9 Å². The number of hydrogen-bond acceptors (Lipinski definition) is 5. The average molecular weight is 378 g/mol. The molecule has 0 amide bonds. The standard InChI is InChI=1S/C17H16ClN3O3S/c1-11-3-6-14(17-20-12(2)24-21-17)9-16(11)25(22,23)19-10-13-4-7-15(18)8-5-13/h3-9,19H,10H2,1-2H3. The average Bonchev–Trinajstić information content (AvgIpc) is 3.01. The maximum Gasteiger partial charge on any atom is 0.241 e. The second kappa shape index (κ2) is 6.95. The van der Waals surface area contributed by atoms with Crippen molar-refractivity contribution in [2.75, 3.05) is 0 Å². The molecule has 0 fully saturated rings. The lowest BCUT2D eigenvalue weighted by Crippen LogP contribution is -2.24. The summed E-state index contributed by atoms with van der Waals surface area (Å²) < 4.78 is 32.9. The lowest BCUT2D eigenvalue weighted by atomic mass is 10.1. The second-order valence-electron chi connectivity index (χ2n) is 5.57. The van der Waals surface area contributed by atoms with Crippen LogP contribution >= 0.6 is 11.6 Å². The molecule has 0 saturated carbocycles. The molecule has 25 heavy (non-hydrogen) atoms. The number of nitrogens with one attached hydrogen (secondary N) is 1. The SMILES string of the molecule is Cc1nc(-c2ccc(C)c(S(=O)(=O)NCc3ccc(Cl)cc3)c2)no1. The third-order valence-electron chi connectivity index (χ3n) is 3.64. The van der Waals surface area contributed by atoms with Crippen LogP contribution in [-0.2, 0) is 16.6 Å². The first-order valence-electron chi connectivity index (χ1n) is 7.50. The number of benzene rings is 2. The van der Waals surface area contributed by atoms with Crippen LogP contribution in [0, 0.1) is 13.8 Å². The molecule has 3 aromatic rings. The van der Waals surface area contributed by atoms with Crippen molar-refractivity contribution in [3.63, 3.8) is 0 Å². The minimum absolute atomic E-state index is 0.171. The van der Waals surface area contributed by atoms with E-state index in [1.54, 1.807) is 56.3 Å². The molecule has 0 atom stereocenters. The quantitative estimate of drug-likeness (QED) is 0.735. The van der Waals surface area contributed by atoms with Crippen molar-refractivity contribution in [1.82, 2.24) is 14.9 Å². The number of aromatic nitrogens is 2. The van der Waals surface area contributed by atoms with E-state index in [0.29, 0.717) is 27.9 Å². The van der Waals surface area contributed by atoms with Gasteiger partial charge in [-0.15, -0.1) is 0 Å². The normalized spacial score (nSPS) is 11.6. The van der Waals surface area contributed by atoms with Crippen molar-refractivity contribution >= 4 is 21.6 Å². The zero-order chi connectivity index (χ0) is 18.0. The maximum atomic E-state index is 12.7. The fraction of sp³-hybridized carbons (Fsp3) is 0.176. The number of sulfonamides is 1. The molecule has 130 valence electrons. The Balaban J connectivity index is 1.87. The van der Waals surface area contributed by atoms with Gasteiger partial charge >= 0.3 is 0 Å². The topological polar surface area (TPSA) is 85.1 Å². The summed E-state index contributed by atoms with van der Waals surface area (Å²) in [6.07, 6.45) is 0. The third kappa shape index (κ3) is 4.07. The smallest absolute Gasteiger partial charge is 0.241 e. The summed E-state index contributed by atoms with van der Waals surface area (Å²) in [7, 11) is -3.69. The van der Waals surface area contributed by atoms with Crippen molar-refractivity contribution in [3.8, 4) is 11.4 Å². The predicted octanol–water partition coefficient (Wildman–Crippen LogP) is 3.49. The Kier molecular flexibility index (Phi) is 4.89. The second-order valence-corrected chi connectivity index (χ2v) is 7.74. The third-order valence-corrected chi connectivity index (χ3v) is 5.44. The maximum absolute atomic E-state index is 12.7. The molecule has 0 aliphatic rings. The van der Waals surface area contributed by atoms with Crippen LogP contribution in [0.2, 0.25) is 5.02 Å². The lowest BCUT2D eigenvalue weighted by Gasteiger charge is -2.10. The predicted molar refractivity (Wildman–Crippen MR) is 94.7 cm³/mol. The van der Waals surface area contributed by atoms with Gasteiger partial charge in [-0.3, -0.25) is 0 Å². The highest BCUT2D eigenvalue weighted by molar-refractivity contribution is 7.89. The Morgan fingerprint density at radius 3 is 2.48 bits per heavy atom. The van der Waals surface area contributed by atoms with E-state index >= 15 is 0 Å². The highest BCUT2D eigenvalue weighted by atomic mass is 35.5. The lowest BCUT2D eigenvalue weighted by molar-refractivity contribution is 0.394. The molecule has 0 bridgehead atoms. The van der Waals surface area contributed by atoms with Gasteiger partial charge in [0, 0.05) is 24.1 Å². The Morgan fingerprint density at radius 1 is 1.12 bits per heavy atom. The number of nitrogens with zero attached hydrogens (tertiary/aromatic N) is 2. The summed E-state index contributed by atoms with van der Waals surface area (Å²) in [5.41, 5.74) is 2.03. The van der Waals surface area contributed by atoms with Gasteiger partial charge in [0.1, 0.15) is 0 Å². The number of halogens is 1. The van der Waals surface area contributed by atoms with Crippen LogP contribution in [0.4, 0.5) is 0 Å².